The van der Waals surface area contributed by atoms with Crippen LogP contribution >= 0.6 is 0 Å². The molecule has 0 N–H and O–H groups in total. The van der Waals surface area contributed by atoms with Crippen molar-refractivity contribution in [3.05, 3.63) is 194 Å². The van der Waals surface area contributed by atoms with Gasteiger partial charge in [-0.25, -0.2) is 15.0 Å². The van der Waals surface area contributed by atoms with E-state index in [2.05, 4.69) is 162 Å². The first-order chi connectivity index (χ1) is 27.7. The molecule has 5 heteroatoms. The van der Waals surface area contributed by atoms with Crippen molar-refractivity contribution in [3.63, 3.8) is 0 Å². The third-order valence-corrected chi connectivity index (χ3v) is 10.6. The molecular weight excluding hydrogens is 685 g/mol. The number of para-hydroxylation sites is 3. The average molecular weight is 717 g/mol. The Labute approximate surface area is 322 Å². The minimum Gasteiger partial charge on any atom is -0.456 e. The molecule has 8 aromatic carbocycles. The summed E-state index contributed by atoms with van der Waals surface area (Å²) in [5, 5.41) is 4.46. The number of hydrogen-bond donors (Lipinski definition) is 0. The highest BCUT2D eigenvalue weighted by atomic mass is 16.3. The molecule has 0 saturated heterocycles. The number of hydrogen-bond acceptors (Lipinski definition) is 4. The summed E-state index contributed by atoms with van der Waals surface area (Å²) >= 11 is 0. The van der Waals surface area contributed by atoms with E-state index in [0.29, 0.717) is 17.5 Å². The molecule has 0 aliphatic carbocycles. The van der Waals surface area contributed by atoms with Crippen molar-refractivity contribution in [3.8, 4) is 62.1 Å². The molecule has 0 aliphatic rings. The van der Waals surface area contributed by atoms with Crippen LogP contribution in [0.2, 0.25) is 0 Å². The number of furan rings is 1. The zero-order valence-corrected chi connectivity index (χ0v) is 30.2. The number of benzene rings is 8. The van der Waals surface area contributed by atoms with Gasteiger partial charge in [-0.1, -0.05) is 140 Å². The topological polar surface area (TPSA) is 56.7 Å². The van der Waals surface area contributed by atoms with Gasteiger partial charge >= 0.3 is 0 Å². The molecule has 0 radical (unpaired) electrons. The van der Waals surface area contributed by atoms with Crippen LogP contribution in [-0.2, 0) is 0 Å². The van der Waals surface area contributed by atoms with Gasteiger partial charge in [0.1, 0.15) is 11.2 Å². The van der Waals surface area contributed by atoms with Gasteiger partial charge in [-0.05, 0) is 76.9 Å². The molecule has 0 bridgehead atoms. The van der Waals surface area contributed by atoms with Gasteiger partial charge in [-0.15, -0.1) is 0 Å². The summed E-state index contributed by atoms with van der Waals surface area (Å²) in [6.45, 7) is 0. The average Bonchev–Trinajstić information content (AvgIpc) is 3.82. The fraction of sp³-hybridized carbons (Fsp3) is 0. The highest BCUT2D eigenvalue weighted by molar-refractivity contribution is 6.15. The summed E-state index contributed by atoms with van der Waals surface area (Å²) in [7, 11) is 0. The Morgan fingerprint density at radius 3 is 1.73 bits per heavy atom. The number of rotatable bonds is 6. The van der Waals surface area contributed by atoms with E-state index >= 15 is 0 Å². The molecule has 0 atom stereocenters. The molecule has 5 nitrogen and oxygen atoms in total. The Balaban J connectivity index is 1.22. The van der Waals surface area contributed by atoms with Crippen molar-refractivity contribution in [2.75, 3.05) is 0 Å². The number of nitrogens with zero attached hydrogens (tertiary/aromatic N) is 4. The quantitative estimate of drug-likeness (QED) is 0.172. The summed E-state index contributed by atoms with van der Waals surface area (Å²) in [6.07, 6.45) is 0. The first-order valence-corrected chi connectivity index (χ1v) is 18.8. The molecule has 0 amide bonds. The molecule has 0 aliphatic heterocycles. The Hall–Kier alpha value is -7.63. The molecule has 0 fully saturated rings. The van der Waals surface area contributed by atoms with E-state index in [-0.39, 0.29) is 0 Å². The predicted molar refractivity (Wildman–Crippen MR) is 229 cm³/mol. The van der Waals surface area contributed by atoms with Crippen molar-refractivity contribution in [2.45, 2.75) is 0 Å². The highest BCUT2D eigenvalue weighted by Gasteiger charge is 2.22. The van der Waals surface area contributed by atoms with Crippen LogP contribution in [0.25, 0.3) is 106 Å². The number of fused-ring (bicyclic) bond motifs is 6. The van der Waals surface area contributed by atoms with E-state index < -0.39 is 0 Å². The summed E-state index contributed by atoms with van der Waals surface area (Å²) in [5.41, 5.74) is 12.0. The van der Waals surface area contributed by atoms with E-state index in [1.807, 2.05) is 36.4 Å². The minimum atomic E-state index is 0.593. The van der Waals surface area contributed by atoms with Crippen molar-refractivity contribution >= 4 is 43.7 Å². The van der Waals surface area contributed by atoms with E-state index in [0.717, 1.165) is 88.4 Å². The lowest BCUT2D eigenvalue weighted by atomic mass is 9.97. The molecule has 0 saturated carbocycles. The molecule has 0 unspecified atom stereocenters. The first kappa shape index (κ1) is 31.9. The minimum absolute atomic E-state index is 0.593. The maximum atomic E-state index is 6.38. The Bertz CT molecular complexity index is 3240. The zero-order chi connectivity index (χ0) is 37.0. The Morgan fingerprint density at radius 2 is 0.929 bits per heavy atom. The summed E-state index contributed by atoms with van der Waals surface area (Å²) < 4.78 is 8.72. The summed E-state index contributed by atoms with van der Waals surface area (Å²) in [5.74, 6) is 1.81. The van der Waals surface area contributed by atoms with Gasteiger partial charge in [0.2, 0.25) is 0 Å². The van der Waals surface area contributed by atoms with Crippen molar-refractivity contribution < 1.29 is 4.42 Å². The second-order valence-corrected chi connectivity index (χ2v) is 14.0. The normalized spacial score (nSPS) is 11.6. The Kier molecular flexibility index (Phi) is 7.42. The van der Waals surface area contributed by atoms with Gasteiger partial charge in [-0.2, -0.15) is 0 Å². The van der Waals surface area contributed by atoms with Crippen LogP contribution in [0.4, 0.5) is 0 Å². The molecule has 11 rings (SSSR count). The van der Waals surface area contributed by atoms with Crippen LogP contribution in [0.5, 0.6) is 0 Å². The lowest BCUT2D eigenvalue weighted by Crippen LogP contribution is -2.02. The number of aromatic nitrogens is 4. The fourth-order valence-electron chi connectivity index (χ4n) is 8.00. The van der Waals surface area contributed by atoms with Crippen molar-refractivity contribution in [1.82, 2.24) is 19.5 Å². The maximum absolute atomic E-state index is 6.38. The van der Waals surface area contributed by atoms with Crippen LogP contribution in [0.1, 0.15) is 0 Å². The highest BCUT2D eigenvalue weighted by Crippen LogP contribution is 2.42. The second-order valence-electron chi connectivity index (χ2n) is 14.0. The molecular formula is C51H32N4O. The van der Waals surface area contributed by atoms with Crippen molar-refractivity contribution in [2.24, 2.45) is 0 Å². The second kappa shape index (κ2) is 13.0. The van der Waals surface area contributed by atoms with E-state index in [1.165, 1.54) is 0 Å². The van der Waals surface area contributed by atoms with Crippen LogP contribution in [0.3, 0.4) is 0 Å². The van der Waals surface area contributed by atoms with Gasteiger partial charge < -0.3 is 8.98 Å². The van der Waals surface area contributed by atoms with Crippen LogP contribution in [0.15, 0.2) is 199 Å². The monoisotopic (exact) mass is 716 g/mol. The van der Waals surface area contributed by atoms with E-state index in [1.54, 1.807) is 0 Å². The lowest BCUT2D eigenvalue weighted by Gasteiger charge is -2.14. The van der Waals surface area contributed by atoms with Gasteiger partial charge in [0.05, 0.1) is 11.0 Å². The van der Waals surface area contributed by atoms with Crippen LogP contribution in [-0.4, -0.2) is 19.5 Å². The van der Waals surface area contributed by atoms with Gasteiger partial charge in [0, 0.05) is 43.9 Å². The third kappa shape index (κ3) is 5.37. The smallest absolute Gasteiger partial charge is 0.166 e. The summed E-state index contributed by atoms with van der Waals surface area (Å²) in [4.78, 5) is 15.8. The standard InChI is InChI=1S/C51H32N4O/c1-4-15-33(16-5-1)35-19-14-20-37(29-35)50-52-49(34-17-6-2-7-18-34)53-51(54-50)44-31-38(36-27-28-42-41-24-11-13-26-46(41)56-47(42)32-36)30-43-40-23-10-12-25-45(40)55(48(43)44)39-21-8-3-9-22-39/h1-32H. The summed E-state index contributed by atoms with van der Waals surface area (Å²) in [6, 6.07) is 67.4. The largest absolute Gasteiger partial charge is 0.456 e. The Morgan fingerprint density at radius 1 is 0.339 bits per heavy atom. The zero-order valence-electron chi connectivity index (χ0n) is 30.2. The third-order valence-electron chi connectivity index (χ3n) is 10.6. The van der Waals surface area contributed by atoms with Crippen LogP contribution in [0, 0.1) is 0 Å². The van der Waals surface area contributed by atoms with E-state index in [9.17, 15) is 0 Å². The van der Waals surface area contributed by atoms with Crippen molar-refractivity contribution in [1.29, 1.82) is 0 Å². The lowest BCUT2D eigenvalue weighted by molar-refractivity contribution is 0.669. The molecule has 262 valence electrons. The first-order valence-electron chi connectivity index (χ1n) is 18.8. The molecule has 0 spiro atoms. The van der Waals surface area contributed by atoms with Gasteiger partial charge in [0.15, 0.2) is 17.5 Å². The van der Waals surface area contributed by atoms with Gasteiger partial charge in [0.25, 0.3) is 0 Å². The van der Waals surface area contributed by atoms with Gasteiger partial charge in [-0.3, -0.25) is 0 Å². The SMILES string of the molecule is c1ccc(-c2cccc(-c3nc(-c4ccccc4)nc(-c4cc(-c5ccc6c(c5)oc5ccccc56)cc5c6ccccc6n(-c6ccccc6)c45)n3)c2)cc1. The predicted octanol–water partition coefficient (Wildman–Crippen LogP) is 13.2. The van der Waals surface area contributed by atoms with Crippen LogP contribution < -0.4 is 0 Å². The molecule has 56 heavy (non-hydrogen) atoms. The molecule has 3 heterocycles. The maximum Gasteiger partial charge on any atom is 0.166 e. The molecule has 3 aromatic heterocycles. The fourth-order valence-corrected chi connectivity index (χ4v) is 8.00. The molecule has 11 aromatic rings. The van der Waals surface area contributed by atoms with E-state index in [4.69, 9.17) is 19.4 Å².